The number of oxime groups is 1. The van der Waals surface area contributed by atoms with Crippen LogP contribution in [0.3, 0.4) is 0 Å². The van der Waals surface area contributed by atoms with Crippen molar-refractivity contribution in [2.24, 2.45) is 10.9 Å². The number of nitrogens with zero attached hydrogens (tertiary/aromatic N) is 2. The van der Waals surface area contributed by atoms with E-state index in [2.05, 4.69) is 10.1 Å². The number of hydrogen-bond acceptors (Lipinski definition) is 6. The average Bonchev–Trinajstić information content (AvgIpc) is 2.81. The van der Waals surface area contributed by atoms with E-state index in [4.69, 9.17) is 32.0 Å². The third-order valence-electron chi connectivity index (χ3n) is 5.95. The summed E-state index contributed by atoms with van der Waals surface area (Å²) >= 11 is 5.86. The Labute approximate surface area is 207 Å². The van der Waals surface area contributed by atoms with Gasteiger partial charge in [0.1, 0.15) is 13.2 Å². The van der Waals surface area contributed by atoms with E-state index >= 15 is 0 Å². The number of rotatable bonds is 6. The van der Waals surface area contributed by atoms with Gasteiger partial charge in [0.25, 0.3) is 5.91 Å². The molecule has 1 saturated heterocycles. The number of nitrogens with two attached hydrogens (primary N) is 1. The van der Waals surface area contributed by atoms with E-state index < -0.39 is 5.91 Å². The van der Waals surface area contributed by atoms with Gasteiger partial charge in [-0.1, -0.05) is 35.0 Å². The maximum absolute atomic E-state index is 13.8. The van der Waals surface area contributed by atoms with Crippen LogP contribution in [-0.2, 0) is 11.2 Å². The highest BCUT2D eigenvalue weighted by Gasteiger charge is 2.18. The summed E-state index contributed by atoms with van der Waals surface area (Å²) in [4.78, 5) is 13.5. The third kappa shape index (κ3) is 6.21. The highest BCUT2D eigenvalue weighted by molar-refractivity contribution is 6.45. The molecule has 3 N–H and O–H groups in total. The number of ether oxygens (including phenoxy) is 2. The minimum absolute atomic E-state index is 0.165. The number of aryl methyl sites for hydroxylation is 1. The molecule has 0 atom stereocenters. The molecule has 0 bridgehead atoms. The number of carbonyl (C=O) groups excluding carboxylic acids is 1. The van der Waals surface area contributed by atoms with Crippen molar-refractivity contribution in [1.82, 2.24) is 4.90 Å². The topological polar surface area (TPSA) is 97.4 Å². The molecule has 35 heavy (non-hydrogen) atoms. The van der Waals surface area contributed by atoms with E-state index in [9.17, 15) is 9.18 Å². The lowest BCUT2D eigenvalue weighted by Gasteiger charge is -2.30. The van der Waals surface area contributed by atoms with Crippen LogP contribution in [0.1, 0.15) is 24.0 Å². The highest BCUT2D eigenvalue weighted by atomic mass is 35.5. The number of hydrogen-bond donors (Lipinski definition) is 2. The Balaban J connectivity index is 0.000000165. The van der Waals surface area contributed by atoms with Gasteiger partial charge in [0.15, 0.2) is 23.0 Å². The van der Waals surface area contributed by atoms with Gasteiger partial charge in [0.05, 0.1) is 0 Å². The number of amides is 1. The van der Waals surface area contributed by atoms with Gasteiger partial charge < -0.3 is 25.3 Å². The molecule has 0 saturated carbocycles. The Morgan fingerprint density at radius 3 is 2.54 bits per heavy atom. The van der Waals surface area contributed by atoms with Crippen molar-refractivity contribution in [3.63, 3.8) is 0 Å². The molecule has 9 heteroatoms. The fourth-order valence-corrected chi connectivity index (χ4v) is 4.21. The monoisotopic (exact) mass is 499 g/mol. The molecule has 0 aliphatic carbocycles. The van der Waals surface area contributed by atoms with E-state index in [1.807, 2.05) is 12.1 Å². The van der Waals surface area contributed by atoms with Crippen LogP contribution in [0.25, 0.3) is 10.8 Å². The average molecular weight is 500 g/mol. The summed E-state index contributed by atoms with van der Waals surface area (Å²) in [5.41, 5.74) is 6.40. The second-order valence-electron chi connectivity index (χ2n) is 8.42. The molecule has 1 fully saturated rings. The molecule has 184 valence electrons. The summed E-state index contributed by atoms with van der Waals surface area (Å²) in [7, 11) is 0. The predicted molar refractivity (Wildman–Crippen MR) is 133 cm³/mol. The summed E-state index contributed by atoms with van der Waals surface area (Å²) in [6, 6.07) is 14.0. The number of likely N-dealkylation sites (tertiary alicyclic amines) is 1. The minimum atomic E-state index is -0.777. The second-order valence-corrected chi connectivity index (χ2v) is 8.86. The standard InChI is InChI=1S/C14H18FNO2.C12H9ClN2O2/c15-12-9-11(3-1-4-16-5-2-6-16)10-13-14(12)18-8-7-17-13;13-10-4-3-7-5-9(2-1-8(7)6-10)11(15-17)12(14)16/h9-10H,1-8H2;1-6,17H,(H2,14,16)/b;15-11+. The second kappa shape index (κ2) is 11.4. The molecule has 2 aliphatic heterocycles. The molecule has 0 spiro atoms. The van der Waals surface area contributed by atoms with Crippen molar-refractivity contribution < 1.29 is 23.9 Å². The van der Waals surface area contributed by atoms with Crippen LogP contribution in [0.2, 0.25) is 5.02 Å². The lowest BCUT2D eigenvalue weighted by atomic mass is 10.0. The summed E-state index contributed by atoms with van der Waals surface area (Å²) < 4.78 is 24.5. The smallest absolute Gasteiger partial charge is 0.271 e. The first-order valence-electron chi connectivity index (χ1n) is 11.5. The number of halogens is 2. The predicted octanol–water partition coefficient (Wildman–Crippen LogP) is 4.39. The number of carbonyl (C=O) groups is 1. The van der Waals surface area contributed by atoms with E-state index in [1.165, 1.54) is 19.5 Å². The molecule has 5 rings (SSSR count). The van der Waals surface area contributed by atoms with Crippen LogP contribution in [0.5, 0.6) is 11.5 Å². The van der Waals surface area contributed by atoms with E-state index in [0.717, 1.165) is 35.7 Å². The van der Waals surface area contributed by atoms with Crippen molar-refractivity contribution in [3.8, 4) is 11.5 Å². The van der Waals surface area contributed by atoms with Gasteiger partial charge in [0, 0.05) is 10.6 Å². The molecule has 0 unspecified atom stereocenters. The van der Waals surface area contributed by atoms with E-state index in [0.29, 0.717) is 29.5 Å². The SMILES string of the molecule is Fc1cc(CCCN2CCC2)cc2c1OCCO2.NC(=O)/C(=N/O)c1ccc2cc(Cl)ccc2c1. The first kappa shape index (κ1) is 24.8. The summed E-state index contributed by atoms with van der Waals surface area (Å²) in [5.74, 6) is -0.250. The summed E-state index contributed by atoms with van der Waals surface area (Å²) in [6.45, 7) is 4.48. The maximum atomic E-state index is 13.8. The Morgan fingerprint density at radius 2 is 1.83 bits per heavy atom. The first-order valence-corrected chi connectivity index (χ1v) is 11.8. The minimum Gasteiger partial charge on any atom is -0.486 e. The molecule has 0 aromatic heterocycles. The van der Waals surface area contributed by atoms with Crippen molar-refractivity contribution in [1.29, 1.82) is 0 Å². The molecule has 3 aromatic rings. The molecule has 0 radical (unpaired) electrons. The van der Waals surface area contributed by atoms with Crippen LogP contribution in [0.15, 0.2) is 53.7 Å². The molecule has 2 aliphatic rings. The van der Waals surface area contributed by atoms with Gasteiger partial charge >= 0.3 is 0 Å². The van der Waals surface area contributed by atoms with Crippen LogP contribution in [0, 0.1) is 5.82 Å². The van der Waals surface area contributed by atoms with Crippen molar-refractivity contribution in [3.05, 3.63) is 70.5 Å². The zero-order chi connectivity index (χ0) is 24.8. The highest BCUT2D eigenvalue weighted by Crippen LogP contribution is 2.34. The molecular formula is C26H27ClFN3O4. The number of benzene rings is 3. The fourth-order valence-electron chi connectivity index (χ4n) is 4.03. The van der Waals surface area contributed by atoms with Crippen molar-refractivity contribution in [2.45, 2.75) is 19.3 Å². The van der Waals surface area contributed by atoms with Crippen molar-refractivity contribution in [2.75, 3.05) is 32.8 Å². The van der Waals surface area contributed by atoms with Gasteiger partial charge in [-0.05, 0) is 85.6 Å². The van der Waals surface area contributed by atoms with Gasteiger partial charge in [-0.15, -0.1) is 0 Å². The van der Waals surface area contributed by atoms with Gasteiger partial charge in [-0.25, -0.2) is 4.39 Å². The summed E-state index contributed by atoms with van der Waals surface area (Å²) in [5, 5.41) is 14.1. The largest absolute Gasteiger partial charge is 0.486 e. The zero-order valence-corrected chi connectivity index (χ0v) is 19.9. The number of fused-ring (bicyclic) bond motifs is 2. The zero-order valence-electron chi connectivity index (χ0n) is 19.2. The van der Waals surface area contributed by atoms with Crippen LogP contribution in [0.4, 0.5) is 4.39 Å². The number of primary amides is 1. The Morgan fingerprint density at radius 1 is 1.09 bits per heavy atom. The van der Waals surface area contributed by atoms with Crippen LogP contribution in [-0.4, -0.2) is 54.6 Å². The maximum Gasteiger partial charge on any atom is 0.271 e. The van der Waals surface area contributed by atoms with Gasteiger partial charge in [-0.3, -0.25) is 4.79 Å². The Kier molecular flexibility index (Phi) is 8.05. The lowest BCUT2D eigenvalue weighted by molar-refractivity contribution is -0.112. The van der Waals surface area contributed by atoms with Gasteiger partial charge in [0.2, 0.25) is 0 Å². The molecule has 2 heterocycles. The normalized spacial score (nSPS) is 15.2. The van der Waals surface area contributed by atoms with Gasteiger partial charge in [-0.2, -0.15) is 0 Å². The van der Waals surface area contributed by atoms with E-state index in [-0.39, 0.29) is 17.3 Å². The fraction of sp³-hybridized carbons (Fsp3) is 0.308. The van der Waals surface area contributed by atoms with Crippen LogP contribution >= 0.6 is 11.6 Å². The molecular weight excluding hydrogens is 473 g/mol. The Bertz CT molecular complexity index is 1250. The lowest BCUT2D eigenvalue weighted by Crippen LogP contribution is -2.37. The quantitative estimate of drug-likeness (QED) is 0.298. The Hall–Kier alpha value is -3.36. The molecule has 1 amide bonds. The third-order valence-corrected chi connectivity index (χ3v) is 6.19. The summed E-state index contributed by atoms with van der Waals surface area (Å²) in [6.07, 6.45) is 3.28. The van der Waals surface area contributed by atoms with Crippen LogP contribution < -0.4 is 15.2 Å². The molecule has 3 aromatic carbocycles. The van der Waals surface area contributed by atoms with Crippen molar-refractivity contribution >= 4 is 34.0 Å². The first-order chi connectivity index (χ1) is 16.9. The molecule has 7 nitrogen and oxygen atoms in total. The van der Waals surface area contributed by atoms with E-state index in [1.54, 1.807) is 36.4 Å².